The van der Waals surface area contributed by atoms with Gasteiger partial charge < -0.3 is 14.8 Å². The summed E-state index contributed by atoms with van der Waals surface area (Å²) in [5.41, 5.74) is 4.21. The number of rotatable bonds is 3. The highest BCUT2D eigenvalue weighted by molar-refractivity contribution is 6.10. The zero-order valence-corrected chi connectivity index (χ0v) is 15.2. The van der Waals surface area contributed by atoms with Crippen molar-refractivity contribution in [1.82, 2.24) is 4.98 Å². The number of nitrogens with zero attached hydrogens (tertiary/aromatic N) is 3. The Morgan fingerprint density at radius 1 is 1.11 bits per heavy atom. The van der Waals surface area contributed by atoms with E-state index in [2.05, 4.69) is 22.3 Å². The Balaban J connectivity index is 1.58. The van der Waals surface area contributed by atoms with Gasteiger partial charge in [-0.3, -0.25) is 0 Å². The number of anilines is 1. The van der Waals surface area contributed by atoms with Gasteiger partial charge in [0.15, 0.2) is 5.84 Å². The van der Waals surface area contributed by atoms with Gasteiger partial charge in [0.1, 0.15) is 5.75 Å². The van der Waals surface area contributed by atoms with Crippen LogP contribution in [0.5, 0.6) is 11.6 Å². The van der Waals surface area contributed by atoms with E-state index in [4.69, 9.17) is 4.74 Å². The average molecular weight is 359 g/mol. The van der Waals surface area contributed by atoms with Gasteiger partial charge in [0, 0.05) is 30.1 Å². The zero-order valence-electron chi connectivity index (χ0n) is 15.2. The highest BCUT2D eigenvalue weighted by Crippen LogP contribution is 2.29. The summed E-state index contributed by atoms with van der Waals surface area (Å²) in [6, 6.07) is 19.7. The van der Waals surface area contributed by atoms with Gasteiger partial charge in [-0.2, -0.15) is 0 Å². The highest BCUT2D eigenvalue weighted by Gasteiger charge is 2.22. The maximum atomic E-state index is 9.68. The third-order valence-corrected chi connectivity index (χ3v) is 4.67. The zero-order chi connectivity index (χ0) is 18.6. The maximum Gasteiger partial charge on any atom is 0.219 e. The molecule has 136 valence electrons. The molecule has 4 rings (SSSR count). The van der Waals surface area contributed by atoms with E-state index >= 15 is 0 Å². The van der Waals surface area contributed by atoms with Crippen molar-refractivity contribution in [2.24, 2.45) is 5.16 Å². The number of hydrogen-bond donors (Lipinski definition) is 1. The SMILES string of the molecule is Cc1cccc(Oc2ccc(/C(=N/O)N3CCCc4ccccc43)cn2)c1. The second-order valence-electron chi connectivity index (χ2n) is 6.61. The lowest BCUT2D eigenvalue weighted by Gasteiger charge is -2.31. The summed E-state index contributed by atoms with van der Waals surface area (Å²) in [5.74, 6) is 1.74. The van der Waals surface area contributed by atoms with Crippen LogP contribution in [-0.2, 0) is 6.42 Å². The molecule has 2 aromatic carbocycles. The summed E-state index contributed by atoms with van der Waals surface area (Å²) in [5, 5.41) is 13.2. The summed E-state index contributed by atoms with van der Waals surface area (Å²) in [6.45, 7) is 2.82. The Morgan fingerprint density at radius 3 is 2.78 bits per heavy atom. The van der Waals surface area contributed by atoms with Crippen molar-refractivity contribution in [3.05, 3.63) is 83.6 Å². The van der Waals surface area contributed by atoms with Gasteiger partial charge in [-0.05, 0) is 55.2 Å². The lowest BCUT2D eigenvalue weighted by molar-refractivity contribution is 0.318. The molecule has 1 aliphatic heterocycles. The molecule has 1 aromatic heterocycles. The molecule has 0 bridgehead atoms. The van der Waals surface area contributed by atoms with Gasteiger partial charge in [-0.1, -0.05) is 35.5 Å². The number of amidine groups is 1. The third kappa shape index (κ3) is 3.62. The van der Waals surface area contributed by atoms with Gasteiger partial charge in [-0.25, -0.2) is 4.98 Å². The summed E-state index contributed by atoms with van der Waals surface area (Å²) < 4.78 is 5.80. The molecule has 0 radical (unpaired) electrons. The molecular formula is C22H21N3O2. The van der Waals surface area contributed by atoms with Gasteiger partial charge in [-0.15, -0.1) is 0 Å². The van der Waals surface area contributed by atoms with Gasteiger partial charge in [0.2, 0.25) is 5.88 Å². The predicted molar refractivity (Wildman–Crippen MR) is 106 cm³/mol. The molecule has 0 aliphatic carbocycles. The molecule has 0 fully saturated rings. The topological polar surface area (TPSA) is 58.0 Å². The first-order chi connectivity index (χ1) is 13.2. The summed E-state index contributed by atoms with van der Waals surface area (Å²) in [4.78, 5) is 6.42. The normalized spacial score (nSPS) is 14.0. The number of aromatic nitrogens is 1. The molecular weight excluding hydrogens is 338 g/mol. The first-order valence-electron chi connectivity index (χ1n) is 9.03. The predicted octanol–water partition coefficient (Wildman–Crippen LogP) is 4.77. The van der Waals surface area contributed by atoms with Crippen molar-refractivity contribution in [3.63, 3.8) is 0 Å². The molecule has 2 heterocycles. The Hall–Kier alpha value is -3.34. The van der Waals surface area contributed by atoms with E-state index in [9.17, 15) is 5.21 Å². The van der Waals surface area contributed by atoms with Crippen LogP contribution in [-0.4, -0.2) is 22.6 Å². The van der Waals surface area contributed by atoms with Crippen LogP contribution in [0.25, 0.3) is 0 Å². The Labute approximate surface area is 158 Å². The van der Waals surface area contributed by atoms with Crippen LogP contribution in [0.1, 0.15) is 23.1 Å². The molecule has 3 aromatic rings. The molecule has 27 heavy (non-hydrogen) atoms. The Kier molecular flexibility index (Phi) is 4.75. The number of hydrogen-bond acceptors (Lipinski definition) is 4. The van der Waals surface area contributed by atoms with Gasteiger partial charge in [0.25, 0.3) is 0 Å². The van der Waals surface area contributed by atoms with E-state index < -0.39 is 0 Å². The molecule has 5 nitrogen and oxygen atoms in total. The van der Waals surface area contributed by atoms with E-state index in [1.165, 1.54) is 5.56 Å². The van der Waals surface area contributed by atoms with E-state index in [1.54, 1.807) is 12.3 Å². The molecule has 0 atom stereocenters. The largest absolute Gasteiger partial charge is 0.439 e. The van der Waals surface area contributed by atoms with Gasteiger partial charge >= 0.3 is 0 Å². The van der Waals surface area contributed by atoms with Crippen LogP contribution in [0.15, 0.2) is 72.0 Å². The summed E-state index contributed by atoms with van der Waals surface area (Å²) >= 11 is 0. The lowest BCUT2D eigenvalue weighted by atomic mass is 10.0. The second kappa shape index (κ2) is 7.50. The first-order valence-corrected chi connectivity index (χ1v) is 9.03. The summed E-state index contributed by atoms with van der Waals surface area (Å²) in [6.07, 6.45) is 3.72. The van der Waals surface area contributed by atoms with Crippen LogP contribution in [0.4, 0.5) is 5.69 Å². The molecule has 0 amide bonds. The minimum absolute atomic E-state index is 0.497. The van der Waals surface area contributed by atoms with Crippen molar-refractivity contribution < 1.29 is 9.94 Å². The Bertz CT molecular complexity index is 967. The number of para-hydroxylation sites is 1. The first kappa shape index (κ1) is 17.1. The maximum absolute atomic E-state index is 9.68. The molecule has 0 saturated heterocycles. The third-order valence-electron chi connectivity index (χ3n) is 4.67. The van der Waals surface area contributed by atoms with E-state index in [1.807, 2.05) is 54.3 Å². The number of pyridine rings is 1. The molecule has 0 unspecified atom stereocenters. The fourth-order valence-corrected chi connectivity index (χ4v) is 3.39. The van der Waals surface area contributed by atoms with E-state index in [0.29, 0.717) is 11.7 Å². The van der Waals surface area contributed by atoms with E-state index in [-0.39, 0.29) is 0 Å². The Morgan fingerprint density at radius 2 is 2.00 bits per heavy atom. The summed E-state index contributed by atoms with van der Waals surface area (Å²) in [7, 11) is 0. The average Bonchev–Trinajstić information content (AvgIpc) is 2.70. The van der Waals surface area contributed by atoms with Crippen LogP contribution in [0.2, 0.25) is 0 Å². The van der Waals surface area contributed by atoms with Gasteiger partial charge in [0.05, 0.1) is 0 Å². The van der Waals surface area contributed by atoms with E-state index in [0.717, 1.165) is 42.0 Å². The standard InChI is InChI=1S/C22H21N3O2/c1-16-6-4-9-19(14-16)27-21-12-11-18(15-23-21)22(24-26)25-13-5-8-17-7-2-3-10-20(17)25/h2-4,6-7,9-12,14-15,26H,5,8,13H2,1H3/b24-22-. The molecule has 1 aliphatic rings. The van der Waals surface area contributed by atoms with Crippen LogP contribution in [0.3, 0.4) is 0 Å². The lowest BCUT2D eigenvalue weighted by Crippen LogP contribution is -2.36. The molecule has 0 saturated carbocycles. The molecule has 5 heteroatoms. The minimum atomic E-state index is 0.497. The number of aryl methyl sites for hydroxylation is 2. The number of oxime groups is 1. The van der Waals surface area contributed by atoms with Crippen LogP contribution in [0, 0.1) is 6.92 Å². The van der Waals surface area contributed by atoms with Crippen LogP contribution >= 0.6 is 0 Å². The van der Waals surface area contributed by atoms with Crippen molar-refractivity contribution in [3.8, 4) is 11.6 Å². The molecule has 1 N–H and O–H groups in total. The fraction of sp³-hybridized carbons (Fsp3) is 0.182. The quantitative estimate of drug-likeness (QED) is 0.317. The van der Waals surface area contributed by atoms with Crippen molar-refractivity contribution in [2.75, 3.05) is 11.4 Å². The minimum Gasteiger partial charge on any atom is -0.439 e. The van der Waals surface area contributed by atoms with Crippen molar-refractivity contribution >= 4 is 11.5 Å². The molecule has 0 spiro atoms. The van der Waals surface area contributed by atoms with Crippen molar-refractivity contribution in [1.29, 1.82) is 0 Å². The number of benzene rings is 2. The smallest absolute Gasteiger partial charge is 0.219 e. The monoisotopic (exact) mass is 359 g/mol. The van der Waals surface area contributed by atoms with Crippen LogP contribution < -0.4 is 9.64 Å². The van der Waals surface area contributed by atoms with Crippen molar-refractivity contribution in [2.45, 2.75) is 19.8 Å². The second-order valence-corrected chi connectivity index (χ2v) is 6.61. The fourth-order valence-electron chi connectivity index (χ4n) is 3.39. The number of ether oxygens (including phenoxy) is 1. The number of fused-ring (bicyclic) bond motifs is 1. The highest BCUT2D eigenvalue weighted by atomic mass is 16.5.